The summed E-state index contributed by atoms with van der Waals surface area (Å²) in [4.78, 5) is 8.71. The fraction of sp³-hybridized carbons (Fsp3) is 0.304. The molecule has 1 aromatic heterocycles. The predicted molar refractivity (Wildman–Crippen MR) is 115 cm³/mol. The number of rotatable bonds is 6. The van der Waals surface area contributed by atoms with Gasteiger partial charge in [-0.05, 0) is 37.1 Å². The van der Waals surface area contributed by atoms with Crippen molar-refractivity contribution in [1.29, 1.82) is 0 Å². The van der Waals surface area contributed by atoms with Crippen LogP contribution in [0.25, 0.3) is 11.3 Å². The van der Waals surface area contributed by atoms with Gasteiger partial charge < -0.3 is 15.4 Å². The summed E-state index contributed by atoms with van der Waals surface area (Å²) in [5.74, 6) is -0.214. The third-order valence-electron chi connectivity index (χ3n) is 5.27. The van der Waals surface area contributed by atoms with E-state index in [9.17, 15) is 26.3 Å². The van der Waals surface area contributed by atoms with Gasteiger partial charge in [-0.1, -0.05) is 37.1 Å². The summed E-state index contributed by atoms with van der Waals surface area (Å²) in [5, 5.41) is 5.86. The van der Waals surface area contributed by atoms with Gasteiger partial charge in [0, 0.05) is 17.7 Å². The molecule has 0 unspecified atom stereocenters. The lowest BCUT2D eigenvalue weighted by Crippen LogP contribution is -2.18. The van der Waals surface area contributed by atoms with Crippen molar-refractivity contribution in [3.8, 4) is 17.0 Å². The fourth-order valence-electron chi connectivity index (χ4n) is 3.81. The van der Waals surface area contributed by atoms with Gasteiger partial charge in [-0.25, -0.2) is 4.98 Å². The van der Waals surface area contributed by atoms with Gasteiger partial charge in [0.05, 0.1) is 16.9 Å². The van der Waals surface area contributed by atoms with Crippen LogP contribution >= 0.6 is 0 Å². The molecule has 1 aliphatic carbocycles. The molecule has 0 spiro atoms. The molecule has 4 rings (SSSR count). The quantitative estimate of drug-likeness (QED) is 0.365. The molecule has 3 aromatic rings. The van der Waals surface area contributed by atoms with Crippen LogP contribution in [0.4, 0.5) is 43.8 Å². The molecule has 1 fully saturated rings. The molecule has 2 aromatic carbocycles. The van der Waals surface area contributed by atoms with Gasteiger partial charge >= 0.3 is 12.5 Å². The number of alkyl halides is 6. The molecule has 34 heavy (non-hydrogen) atoms. The van der Waals surface area contributed by atoms with E-state index in [2.05, 4.69) is 25.3 Å². The number of halogens is 6. The molecule has 1 heterocycles. The lowest BCUT2D eigenvalue weighted by atomic mass is 10.1. The Morgan fingerprint density at radius 3 is 2.29 bits per heavy atom. The Morgan fingerprint density at radius 1 is 0.853 bits per heavy atom. The highest BCUT2D eigenvalue weighted by molar-refractivity contribution is 5.69. The van der Waals surface area contributed by atoms with Crippen molar-refractivity contribution in [1.82, 2.24) is 9.97 Å². The molecule has 2 N–H and O–H groups in total. The van der Waals surface area contributed by atoms with Gasteiger partial charge in [0.2, 0.25) is 5.95 Å². The van der Waals surface area contributed by atoms with E-state index in [1.807, 2.05) is 0 Å². The van der Waals surface area contributed by atoms with E-state index >= 15 is 0 Å². The van der Waals surface area contributed by atoms with Crippen LogP contribution in [0.15, 0.2) is 54.6 Å². The van der Waals surface area contributed by atoms with E-state index in [4.69, 9.17) is 0 Å². The van der Waals surface area contributed by atoms with Crippen LogP contribution < -0.4 is 15.4 Å². The van der Waals surface area contributed by atoms with Crippen LogP contribution in [0.2, 0.25) is 0 Å². The molecule has 11 heteroatoms. The maximum Gasteiger partial charge on any atom is 0.573 e. The third-order valence-corrected chi connectivity index (χ3v) is 5.27. The highest BCUT2D eigenvalue weighted by atomic mass is 19.4. The Bertz CT molecular complexity index is 1140. The normalized spacial score (nSPS) is 14.8. The second-order valence-electron chi connectivity index (χ2n) is 7.83. The molecule has 0 aliphatic heterocycles. The molecular formula is C23H20F6N4O. The highest BCUT2D eigenvalue weighted by Gasteiger charge is 2.33. The Morgan fingerprint density at radius 2 is 1.59 bits per heavy atom. The smallest absolute Gasteiger partial charge is 0.406 e. The number of nitrogens with one attached hydrogen (secondary N) is 2. The molecular weight excluding hydrogens is 462 g/mol. The first-order valence-electron chi connectivity index (χ1n) is 10.5. The molecule has 0 saturated heterocycles. The molecule has 1 aliphatic rings. The van der Waals surface area contributed by atoms with E-state index in [1.165, 1.54) is 36.4 Å². The minimum absolute atomic E-state index is 0.0596. The SMILES string of the molecule is FC(F)(F)Oc1cccc(-c2cc(Nc3ccccc3C(F)(F)F)nc(NC3CCCC3)n2)c1. The summed E-state index contributed by atoms with van der Waals surface area (Å²) in [6, 6.07) is 11.6. The Hall–Kier alpha value is -3.50. The van der Waals surface area contributed by atoms with Crippen molar-refractivity contribution >= 4 is 17.5 Å². The number of hydrogen-bond acceptors (Lipinski definition) is 5. The largest absolute Gasteiger partial charge is 0.573 e. The lowest BCUT2D eigenvalue weighted by Gasteiger charge is -2.17. The van der Waals surface area contributed by atoms with E-state index < -0.39 is 23.9 Å². The third kappa shape index (κ3) is 6.09. The zero-order valence-corrected chi connectivity index (χ0v) is 17.7. The minimum atomic E-state index is -4.87. The van der Waals surface area contributed by atoms with E-state index in [-0.39, 0.29) is 34.8 Å². The first-order chi connectivity index (χ1) is 16.1. The fourth-order valence-corrected chi connectivity index (χ4v) is 3.81. The average molecular weight is 482 g/mol. The van der Waals surface area contributed by atoms with Crippen LogP contribution in [0, 0.1) is 0 Å². The van der Waals surface area contributed by atoms with Crippen molar-refractivity contribution in [3.05, 3.63) is 60.2 Å². The Kier molecular flexibility index (Phi) is 6.54. The van der Waals surface area contributed by atoms with Crippen molar-refractivity contribution in [2.45, 2.75) is 44.3 Å². The maximum atomic E-state index is 13.4. The second kappa shape index (κ2) is 9.40. The lowest BCUT2D eigenvalue weighted by molar-refractivity contribution is -0.274. The number of ether oxygens (including phenoxy) is 1. The molecule has 1 saturated carbocycles. The Labute approximate surface area is 191 Å². The highest BCUT2D eigenvalue weighted by Crippen LogP contribution is 2.36. The van der Waals surface area contributed by atoms with Gasteiger partial charge in [-0.2, -0.15) is 18.2 Å². The monoisotopic (exact) mass is 482 g/mol. The standard InChI is InChI=1S/C23H20F6N4O/c24-22(25,26)17-10-3-4-11-18(17)31-20-13-19(32-21(33-20)30-15-7-1-2-8-15)14-6-5-9-16(12-14)34-23(27,28)29/h3-6,9-13,15H,1-2,7-8H2,(H2,30,31,32,33). The molecule has 0 atom stereocenters. The van der Waals surface area contributed by atoms with Gasteiger partial charge in [0.1, 0.15) is 11.6 Å². The number of nitrogens with zero attached hydrogens (tertiary/aromatic N) is 2. The summed E-state index contributed by atoms with van der Waals surface area (Å²) in [6.45, 7) is 0. The number of anilines is 3. The number of para-hydroxylation sites is 1. The van der Waals surface area contributed by atoms with Crippen molar-refractivity contribution in [2.75, 3.05) is 10.6 Å². The first-order valence-corrected chi connectivity index (χ1v) is 10.5. The second-order valence-corrected chi connectivity index (χ2v) is 7.83. The number of benzene rings is 2. The summed E-state index contributed by atoms with van der Waals surface area (Å²) in [6.07, 6.45) is -5.62. The van der Waals surface area contributed by atoms with Crippen LogP contribution in [-0.2, 0) is 6.18 Å². The summed E-state index contributed by atoms with van der Waals surface area (Å²) < 4.78 is 82.2. The predicted octanol–water partition coefficient (Wildman–Crippen LogP) is 7.16. The van der Waals surface area contributed by atoms with Gasteiger partial charge in [-0.3, -0.25) is 0 Å². The summed E-state index contributed by atoms with van der Waals surface area (Å²) >= 11 is 0. The van der Waals surface area contributed by atoms with Crippen molar-refractivity contribution in [2.24, 2.45) is 0 Å². The van der Waals surface area contributed by atoms with Crippen molar-refractivity contribution < 1.29 is 31.1 Å². The molecule has 0 amide bonds. The summed E-state index contributed by atoms with van der Waals surface area (Å²) in [7, 11) is 0. The number of aromatic nitrogens is 2. The maximum absolute atomic E-state index is 13.4. The molecule has 180 valence electrons. The molecule has 0 bridgehead atoms. The van der Waals surface area contributed by atoms with E-state index in [0.717, 1.165) is 43.9 Å². The summed E-state index contributed by atoms with van der Waals surface area (Å²) in [5.41, 5.74) is -0.581. The zero-order valence-electron chi connectivity index (χ0n) is 17.7. The van der Waals surface area contributed by atoms with E-state index in [1.54, 1.807) is 0 Å². The zero-order chi connectivity index (χ0) is 24.3. The van der Waals surface area contributed by atoms with Crippen LogP contribution in [-0.4, -0.2) is 22.4 Å². The van der Waals surface area contributed by atoms with Gasteiger partial charge in [0.15, 0.2) is 0 Å². The van der Waals surface area contributed by atoms with Crippen molar-refractivity contribution in [3.63, 3.8) is 0 Å². The topological polar surface area (TPSA) is 59.1 Å². The number of hydrogen-bond donors (Lipinski definition) is 2. The van der Waals surface area contributed by atoms with Crippen LogP contribution in [0.1, 0.15) is 31.2 Å². The van der Waals surface area contributed by atoms with Crippen LogP contribution in [0.3, 0.4) is 0 Å². The minimum Gasteiger partial charge on any atom is -0.406 e. The Balaban J connectivity index is 1.72. The van der Waals surface area contributed by atoms with Gasteiger partial charge in [-0.15, -0.1) is 13.2 Å². The average Bonchev–Trinajstić information content (AvgIpc) is 3.25. The first kappa shape index (κ1) is 23.7. The van der Waals surface area contributed by atoms with E-state index in [0.29, 0.717) is 0 Å². The van der Waals surface area contributed by atoms with Crippen LogP contribution in [0.5, 0.6) is 5.75 Å². The van der Waals surface area contributed by atoms with Gasteiger partial charge in [0.25, 0.3) is 0 Å². The molecule has 0 radical (unpaired) electrons. The molecule has 5 nitrogen and oxygen atoms in total.